The van der Waals surface area contributed by atoms with Crippen molar-refractivity contribution in [2.45, 2.75) is 19.6 Å². The first-order valence-electron chi connectivity index (χ1n) is 8.45. The fourth-order valence-electron chi connectivity index (χ4n) is 2.91. The Bertz CT molecular complexity index is 854. The Labute approximate surface area is 167 Å². The van der Waals surface area contributed by atoms with Gasteiger partial charge in [-0.05, 0) is 30.2 Å². The van der Waals surface area contributed by atoms with Crippen molar-refractivity contribution in [2.24, 2.45) is 12.0 Å². The highest BCUT2D eigenvalue weighted by atomic mass is 35.5. The van der Waals surface area contributed by atoms with Crippen LogP contribution in [-0.2, 0) is 31.4 Å². The molecule has 0 spiro atoms. The molecule has 0 unspecified atom stereocenters. The van der Waals surface area contributed by atoms with E-state index in [1.54, 1.807) is 7.05 Å². The molecule has 0 radical (unpaired) electrons. The van der Waals surface area contributed by atoms with Crippen LogP contribution >= 0.6 is 23.2 Å². The molecular formula is C18H21Cl2FN4O2. The van der Waals surface area contributed by atoms with Crippen molar-refractivity contribution in [2.75, 3.05) is 20.4 Å². The van der Waals surface area contributed by atoms with Crippen molar-refractivity contribution in [3.63, 3.8) is 0 Å². The van der Waals surface area contributed by atoms with Crippen molar-refractivity contribution in [1.29, 1.82) is 0 Å². The second-order valence-electron chi connectivity index (χ2n) is 6.10. The fourth-order valence-corrected chi connectivity index (χ4v) is 3.33. The van der Waals surface area contributed by atoms with Crippen molar-refractivity contribution < 1.29 is 13.9 Å². The van der Waals surface area contributed by atoms with Crippen LogP contribution in [0.2, 0.25) is 10.2 Å². The summed E-state index contributed by atoms with van der Waals surface area (Å²) in [6, 6.07) is 4.75. The molecule has 1 aliphatic heterocycles. The van der Waals surface area contributed by atoms with E-state index in [0.717, 1.165) is 16.8 Å². The minimum atomic E-state index is -0.294. The van der Waals surface area contributed by atoms with E-state index < -0.39 is 0 Å². The van der Waals surface area contributed by atoms with E-state index in [2.05, 4.69) is 15.6 Å². The number of benzene rings is 1. The first-order valence-corrected chi connectivity index (χ1v) is 9.21. The Hall–Kier alpha value is -1.96. The van der Waals surface area contributed by atoms with E-state index >= 15 is 0 Å². The number of halogens is 3. The van der Waals surface area contributed by atoms with Crippen LogP contribution in [0.1, 0.15) is 16.8 Å². The molecule has 1 aromatic carbocycles. The summed E-state index contributed by atoms with van der Waals surface area (Å²) >= 11 is 12.1. The number of ether oxygens (including phenoxy) is 2. The van der Waals surface area contributed by atoms with Gasteiger partial charge in [0.2, 0.25) is 0 Å². The van der Waals surface area contributed by atoms with Crippen molar-refractivity contribution in [3.05, 3.63) is 51.0 Å². The van der Waals surface area contributed by atoms with Gasteiger partial charge in [0.25, 0.3) is 0 Å². The quantitative estimate of drug-likeness (QED) is 0.582. The smallest absolute Gasteiger partial charge is 0.191 e. The zero-order valence-corrected chi connectivity index (χ0v) is 16.6. The number of rotatable bonds is 5. The first kappa shape index (κ1) is 19.8. The number of aliphatic imine (C=N–C) groups is 1. The minimum Gasteiger partial charge on any atom is -0.467 e. The zero-order valence-electron chi connectivity index (χ0n) is 15.1. The maximum Gasteiger partial charge on any atom is 0.191 e. The van der Waals surface area contributed by atoms with E-state index in [1.165, 1.54) is 12.1 Å². The molecule has 2 heterocycles. The standard InChI is InChI=1S/C18H21Cl2FN4O2/c1-22-18(24-8-14-7-15(19)17(20)25(14)2)23-4-3-11-5-13(21)6-12-9-26-10-27-16(11)12/h5-7H,3-4,8-10H2,1-2H3,(H2,22,23,24). The predicted octanol–water partition coefficient (Wildman–Crippen LogP) is 3.25. The molecular weight excluding hydrogens is 394 g/mol. The summed E-state index contributed by atoms with van der Waals surface area (Å²) in [5.74, 6) is 1.04. The summed E-state index contributed by atoms with van der Waals surface area (Å²) in [4.78, 5) is 4.19. The average Bonchev–Trinajstić information content (AvgIpc) is 2.91. The average molecular weight is 415 g/mol. The number of hydrogen-bond donors (Lipinski definition) is 2. The van der Waals surface area contributed by atoms with Crippen LogP contribution in [0.4, 0.5) is 4.39 Å². The maximum absolute atomic E-state index is 13.8. The highest BCUT2D eigenvalue weighted by molar-refractivity contribution is 6.41. The molecule has 0 atom stereocenters. The van der Waals surface area contributed by atoms with E-state index in [9.17, 15) is 4.39 Å². The van der Waals surface area contributed by atoms with Crippen LogP contribution in [0.3, 0.4) is 0 Å². The molecule has 0 bridgehead atoms. The highest BCUT2D eigenvalue weighted by Gasteiger charge is 2.17. The van der Waals surface area contributed by atoms with E-state index in [0.29, 0.717) is 48.0 Å². The maximum atomic E-state index is 13.8. The van der Waals surface area contributed by atoms with E-state index in [4.69, 9.17) is 32.7 Å². The molecule has 9 heteroatoms. The van der Waals surface area contributed by atoms with Crippen LogP contribution in [0.25, 0.3) is 0 Å². The monoisotopic (exact) mass is 414 g/mol. The van der Waals surface area contributed by atoms with Crippen molar-refractivity contribution >= 4 is 29.2 Å². The lowest BCUT2D eigenvalue weighted by atomic mass is 10.1. The van der Waals surface area contributed by atoms with Crippen molar-refractivity contribution in [3.8, 4) is 5.75 Å². The Kier molecular flexibility index (Phi) is 6.46. The van der Waals surface area contributed by atoms with Crippen molar-refractivity contribution in [1.82, 2.24) is 15.2 Å². The van der Waals surface area contributed by atoms with Gasteiger partial charge in [0.05, 0.1) is 18.2 Å². The normalized spacial score (nSPS) is 13.9. The van der Waals surface area contributed by atoms with Gasteiger partial charge in [0, 0.05) is 31.9 Å². The third kappa shape index (κ3) is 4.66. The molecule has 27 heavy (non-hydrogen) atoms. The van der Waals surface area contributed by atoms with Gasteiger partial charge in [-0.1, -0.05) is 23.2 Å². The minimum absolute atomic E-state index is 0.185. The van der Waals surface area contributed by atoms with E-state index in [1.807, 2.05) is 17.7 Å². The molecule has 3 rings (SSSR count). The van der Waals surface area contributed by atoms with Gasteiger partial charge in [-0.25, -0.2) is 4.39 Å². The van der Waals surface area contributed by atoms with Gasteiger partial charge < -0.3 is 24.7 Å². The lowest BCUT2D eigenvalue weighted by Gasteiger charge is -2.21. The van der Waals surface area contributed by atoms with Crippen LogP contribution in [-0.4, -0.2) is 30.9 Å². The van der Waals surface area contributed by atoms with Crippen LogP contribution < -0.4 is 15.4 Å². The summed E-state index contributed by atoms with van der Waals surface area (Å²) in [6.07, 6.45) is 0.586. The van der Waals surface area contributed by atoms with Crippen LogP contribution in [0.5, 0.6) is 5.75 Å². The van der Waals surface area contributed by atoms with Crippen LogP contribution in [0, 0.1) is 5.82 Å². The Balaban J connectivity index is 1.56. The third-order valence-electron chi connectivity index (χ3n) is 4.31. The Morgan fingerprint density at radius 1 is 1.30 bits per heavy atom. The number of nitrogens with one attached hydrogen (secondary N) is 2. The van der Waals surface area contributed by atoms with Gasteiger partial charge >= 0.3 is 0 Å². The van der Waals surface area contributed by atoms with Gasteiger partial charge in [0.15, 0.2) is 12.8 Å². The third-order valence-corrected chi connectivity index (χ3v) is 5.16. The molecule has 1 aliphatic rings. The summed E-state index contributed by atoms with van der Waals surface area (Å²) < 4.78 is 26.3. The molecule has 1 aromatic heterocycles. The predicted molar refractivity (Wildman–Crippen MR) is 104 cm³/mol. The number of aromatic nitrogens is 1. The van der Waals surface area contributed by atoms with E-state index in [-0.39, 0.29) is 12.6 Å². The zero-order chi connectivity index (χ0) is 19.4. The summed E-state index contributed by atoms with van der Waals surface area (Å²) in [7, 11) is 3.53. The summed E-state index contributed by atoms with van der Waals surface area (Å²) in [5.41, 5.74) is 2.47. The molecule has 0 saturated heterocycles. The lowest BCUT2D eigenvalue weighted by Crippen LogP contribution is -2.38. The largest absolute Gasteiger partial charge is 0.467 e. The van der Waals surface area contributed by atoms with Gasteiger partial charge in [-0.3, -0.25) is 4.99 Å². The number of nitrogens with zero attached hydrogens (tertiary/aromatic N) is 2. The first-order chi connectivity index (χ1) is 13.0. The second-order valence-corrected chi connectivity index (χ2v) is 6.87. The van der Waals surface area contributed by atoms with Gasteiger partial charge in [-0.15, -0.1) is 0 Å². The second kappa shape index (κ2) is 8.82. The number of hydrogen-bond acceptors (Lipinski definition) is 3. The molecule has 146 valence electrons. The summed E-state index contributed by atoms with van der Waals surface area (Å²) in [5, 5.41) is 7.42. The van der Waals surface area contributed by atoms with Crippen LogP contribution in [0.15, 0.2) is 23.2 Å². The topological polar surface area (TPSA) is 59.8 Å². The lowest BCUT2D eigenvalue weighted by molar-refractivity contribution is -0.0172. The molecule has 0 saturated carbocycles. The molecule has 2 aromatic rings. The molecule has 0 aliphatic carbocycles. The summed E-state index contributed by atoms with van der Waals surface area (Å²) in [6.45, 7) is 1.62. The fraction of sp³-hybridized carbons (Fsp3) is 0.389. The SMILES string of the molecule is CN=C(NCCc1cc(F)cc2c1OCOC2)NCc1cc(Cl)c(Cl)n1C. The highest BCUT2D eigenvalue weighted by Crippen LogP contribution is 2.29. The molecule has 2 N–H and O–H groups in total. The Morgan fingerprint density at radius 3 is 2.81 bits per heavy atom. The molecule has 6 nitrogen and oxygen atoms in total. The number of guanidine groups is 1. The van der Waals surface area contributed by atoms with Gasteiger partial charge in [-0.2, -0.15) is 0 Å². The van der Waals surface area contributed by atoms with Gasteiger partial charge in [0.1, 0.15) is 16.7 Å². The Morgan fingerprint density at radius 2 is 2.11 bits per heavy atom. The molecule has 0 fully saturated rings. The number of fused-ring (bicyclic) bond motifs is 1. The molecule has 0 amide bonds.